The van der Waals surface area contributed by atoms with Gasteiger partial charge < -0.3 is 9.47 Å². The first kappa shape index (κ1) is 27.7. The minimum absolute atomic E-state index is 0.0951. The van der Waals surface area contributed by atoms with Crippen LogP contribution in [0.25, 0.3) is 0 Å². The summed E-state index contributed by atoms with van der Waals surface area (Å²) in [4.78, 5) is 24.0. The summed E-state index contributed by atoms with van der Waals surface area (Å²) in [5, 5.41) is 0. The SMILES string of the molecule is CCOC(=O)/C=C\C1=CC2=C3C(=C4C=C(/C=C/C(=O)OCC)S[C@@]4(C)[C@]2(C)S1)C(F)(F)C(F)(F)C3(F)F. The molecule has 4 rings (SSSR count). The number of ether oxygens (including phenoxy) is 2. The Morgan fingerprint density at radius 3 is 1.43 bits per heavy atom. The van der Waals surface area contributed by atoms with E-state index in [2.05, 4.69) is 0 Å². The number of hydrogen-bond acceptors (Lipinski definition) is 6. The number of thioether (sulfide) groups is 2. The molecule has 2 aliphatic carbocycles. The third-order valence-electron chi connectivity index (χ3n) is 6.70. The van der Waals surface area contributed by atoms with Crippen LogP contribution in [-0.2, 0) is 19.1 Å². The molecule has 2 heterocycles. The Labute approximate surface area is 217 Å². The van der Waals surface area contributed by atoms with Crippen molar-refractivity contribution in [2.75, 3.05) is 13.2 Å². The Morgan fingerprint density at radius 2 is 1.11 bits per heavy atom. The first-order valence-corrected chi connectivity index (χ1v) is 12.9. The number of allylic oxidation sites excluding steroid dienone is 6. The number of rotatable bonds is 6. The lowest BCUT2D eigenvalue weighted by atomic mass is 9.71. The normalized spacial score (nSPS) is 30.9. The molecule has 0 aromatic carbocycles. The average Bonchev–Trinajstić information content (AvgIpc) is 3.35. The molecule has 0 N–H and O–H groups in total. The second kappa shape index (κ2) is 8.86. The predicted octanol–water partition coefficient (Wildman–Crippen LogP) is 6.53. The molecule has 4 aliphatic rings. The van der Waals surface area contributed by atoms with E-state index in [9.17, 15) is 18.4 Å². The molecule has 0 bridgehead atoms. The van der Waals surface area contributed by atoms with E-state index in [1.54, 1.807) is 13.8 Å². The van der Waals surface area contributed by atoms with Crippen LogP contribution in [-0.4, -0.2) is 52.4 Å². The molecule has 12 heteroatoms. The highest BCUT2D eigenvalue weighted by atomic mass is 32.2. The number of fused-ring (bicyclic) bond motifs is 4. The van der Waals surface area contributed by atoms with Crippen molar-refractivity contribution >= 4 is 35.5 Å². The van der Waals surface area contributed by atoms with E-state index in [1.165, 1.54) is 26.0 Å². The molecule has 2 aliphatic heterocycles. The van der Waals surface area contributed by atoms with Crippen LogP contribution in [0.1, 0.15) is 27.7 Å². The van der Waals surface area contributed by atoms with E-state index < -0.39 is 50.3 Å². The minimum atomic E-state index is -5.67. The lowest BCUT2D eigenvalue weighted by Crippen LogP contribution is -2.48. The topological polar surface area (TPSA) is 52.6 Å². The van der Waals surface area contributed by atoms with Crippen LogP contribution in [0.3, 0.4) is 0 Å². The van der Waals surface area contributed by atoms with E-state index in [0.29, 0.717) is 0 Å². The van der Waals surface area contributed by atoms with E-state index in [-0.39, 0.29) is 34.2 Å². The summed E-state index contributed by atoms with van der Waals surface area (Å²) in [7, 11) is 0. The van der Waals surface area contributed by atoms with Gasteiger partial charge in [-0.1, -0.05) is 0 Å². The average molecular weight is 565 g/mol. The summed E-state index contributed by atoms with van der Waals surface area (Å²) in [6, 6.07) is 0. The van der Waals surface area contributed by atoms with Crippen LogP contribution in [0.2, 0.25) is 0 Å². The summed E-state index contributed by atoms with van der Waals surface area (Å²) < 4.78 is 96.8. The number of halogens is 6. The summed E-state index contributed by atoms with van der Waals surface area (Å²) in [6.07, 6.45) is 6.96. The molecule has 0 amide bonds. The third kappa shape index (κ3) is 3.77. The van der Waals surface area contributed by atoms with Crippen molar-refractivity contribution in [3.63, 3.8) is 0 Å². The largest absolute Gasteiger partial charge is 0.463 e. The first-order valence-electron chi connectivity index (χ1n) is 11.2. The number of carbonyl (C=O) groups excluding carboxylic acids is 2. The fourth-order valence-corrected chi connectivity index (χ4v) is 7.78. The van der Waals surface area contributed by atoms with E-state index in [0.717, 1.165) is 47.8 Å². The Balaban J connectivity index is 1.93. The molecule has 0 aromatic heterocycles. The van der Waals surface area contributed by atoms with Gasteiger partial charge in [-0.05, 0) is 63.1 Å². The Kier molecular flexibility index (Phi) is 6.63. The van der Waals surface area contributed by atoms with Gasteiger partial charge in [-0.3, -0.25) is 0 Å². The molecule has 37 heavy (non-hydrogen) atoms. The molecule has 1 saturated carbocycles. The van der Waals surface area contributed by atoms with Crippen molar-refractivity contribution in [2.45, 2.75) is 55.0 Å². The molecular weight excluding hydrogens is 542 g/mol. The van der Waals surface area contributed by atoms with Gasteiger partial charge >= 0.3 is 29.7 Å². The van der Waals surface area contributed by atoms with Gasteiger partial charge in [-0.2, -0.15) is 26.3 Å². The number of esters is 2. The van der Waals surface area contributed by atoms with Gasteiger partial charge in [0.05, 0.1) is 22.7 Å². The summed E-state index contributed by atoms with van der Waals surface area (Å²) >= 11 is 2.00. The third-order valence-corrected chi connectivity index (χ3v) is 9.88. The molecular formula is C25H22F6O4S2. The van der Waals surface area contributed by atoms with Crippen molar-refractivity contribution in [2.24, 2.45) is 0 Å². The van der Waals surface area contributed by atoms with Gasteiger partial charge in [0, 0.05) is 33.1 Å². The maximum atomic E-state index is 15.2. The molecule has 0 unspecified atom stereocenters. The summed E-state index contributed by atoms with van der Waals surface area (Å²) in [5.74, 6) is -17.4. The van der Waals surface area contributed by atoms with Crippen molar-refractivity contribution in [1.29, 1.82) is 0 Å². The first-order chi connectivity index (χ1) is 17.1. The highest BCUT2D eigenvalue weighted by molar-refractivity contribution is 8.09. The summed E-state index contributed by atoms with van der Waals surface area (Å²) in [6.45, 7) is 6.40. The molecule has 4 nitrogen and oxygen atoms in total. The number of alkyl halides is 6. The lowest BCUT2D eigenvalue weighted by molar-refractivity contribution is -0.258. The van der Waals surface area contributed by atoms with Crippen molar-refractivity contribution in [3.8, 4) is 0 Å². The molecule has 1 fully saturated rings. The van der Waals surface area contributed by atoms with Crippen molar-refractivity contribution < 1.29 is 45.4 Å². The van der Waals surface area contributed by atoms with Crippen LogP contribution in [0.15, 0.2) is 68.6 Å². The van der Waals surface area contributed by atoms with Crippen molar-refractivity contribution in [3.05, 3.63) is 68.6 Å². The Bertz CT molecular complexity index is 1170. The monoisotopic (exact) mass is 564 g/mol. The molecule has 200 valence electrons. The Hall–Kier alpha value is -2.34. The maximum Gasteiger partial charge on any atom is 0.380 e. The summed E-state index contributed by atoms with van der Waals surface area (Å²) in [5.41, 5.74) is -3.53. The minimum Gasteiger partial charge on any atom is -0.463 e. The zero-order valence-electron chi connectivity index (χ0n) is 20.1. The number of hydrogen-bond donors (Lipinski definition) is 0. The van der Waals surface area contributed by atoms with Gasteiger partial charge in [0.2, 0.25) is 0 Å². The molecule has 0 spiro atoms. The van der Waals surface area contributed by atoms with E-state index in [1.807, 2.05) is 0 Å². The van der Waals surface area contributed by atoms with Gasteiger partial charge in [0.25, 0.3) is 0 Å². The highest BCUT2D eigenvalue weighted by Crippen LogP contribution is 2.74. The van der Waals surface area contributed by atoms with Gasteiger partial charge in [-0.15, -0.1) is 23.5 Å². The fourth-order valence-electron chi connectivity index (χ4n) is 4.81. The smallest absolute Gasteiger partial charge is 0.380 e. The van der Waals surface area contributed by atoms with Gasteiger partial charge in [0.15, 0.2) is 0 Å². The molecule has 2 atom stereocenters. The fraction of sp³-hybridized carbons (Fsp3) is 0.440. The zero-order chi connectivity index (χ0) is 27.6. The Morgan fingerprint density at radius 1 is 0.757 bits per heavy atom. The lowest BCUT2D eigenvalue weighted by Gasteiger charge is -2.47. The maximum absolute atomic E-state index is 15.2. The zero-order valence-corrected chi connectivity index (χ0v) is 21.7. The van der Waals surface area contributed by atoms with Crippen LogP contribution in [0.5, 0.6) is 0 Å². The number of carbonyl (C=O) groups is 2. The highest BCUT2D eigenvalue weighted by Gasteiger charge is 2.84. The molecule has 0 saturated heterocycles. The standard InChI is InChI=1S/C25H22F6O4S2/c1-5-34-17(32)9-7-13-11-15-19-20(24(28,29)25(30,31)23(19,26)27)16-12-14(8-10-18(33)35-6-2)37-22(16,4)21(15,3)36-13/h7-12H,5-6H2,1-4H3/b9-7-,10-8+/t21-,22-/m1/s1. The van der Waals surface area contributed by atoms with E-state index >= 15 is 17.6 Å². The van der Waals surface area contributed by atoms with E-state index in [4.69, 9.17) is 9.47 Å². The van der Waals surface area contributed by atoms with Gasteiger partial charge in [-0.25, -0.2) is 9.59 Å². The second-order valence-corrected chi connectivity index (χ2v) is 11.8. The quantitative estimate of drug-likeness (QED) is 0.208. The van der Waals surface area contributed by atoms with Crippen LogP contribution in [0.4, 0.5) is 26.3 Å². The van der Waals surface area contributed by atoms with Gasteiger partial charge in [0.1, 0.15) is 0 Å². The molecule has 0 radical (unpaired) electrons. The van der Waals surface area contributed by atoms with Crippen LogP contribution < -0.4 is 0 Å². The second-order valence-electron chi connectivity index (χ2n) is 8.84. The van der Waals surface area contributed by atoms with Crippen LogP contribution in [0, 0.1) is 0 Å². The molecule has 0 aromatic rings. The predicted molar refractivity (Wildman–Crippen MR) is 129 cm³/mol. The van der Waals surface area contributed by atoms with Crippen LogP contribution >= 0.6 is 23.5 Å². The van der Waals surface area contributed by atoms with Crippen molar-refractivity contribution in [1.82, 2.24) is 0 Å².